The molecule has 2 aromatic carbocycles. The van der Waals surface area contributed by atoms with Crippen LogP contribution < -0.4 is 4.74 Å². The van der Waals surface area contributed by atoms with E-state index < -0.39 is 5.97 Å². The van der Waals surface area contributed by atoms with E-state index in [4.69, 9.17) is 14.6 Å². The molecule has 0 saturated carbocycles. The van der Waals surface area contributed by atoms with Gasteiger partial charge in [-0.25, -0.2) is 0 Å². The zero-order valence-corrected chi connectivity index (χ0v) is 28.1. The summed E-state index contributed by atoms with van der Waals surface area (Å²) in [4.78, 5) is 39.5. The Morgan fingerprint density at radius 3 is 2.58 bits per heavy atom. The van der Waals surface area contributed by atoms with Gasteiger partial charge in [-0.2, -0.15) is 0 Å². The average molecular weight is 728 g/mol. The molecule has 2 amide bonds. The number of phenolic OH excluding ortho intramolecular Hbond substituents is 1. The van der Waals surface area contributed by atoms with Crippen molar-refractivity contribution in [3.05, 3.63) is 68.3 Å². The molecule has 2 N–H and O–H groups in total. The van der Waals surface area contributed by atoms with Gasteiger partial charge in [-0.1, -0.05) is 61.7 Å². The van der Waals surface area contributed by atoms with Crippen molar-refractivity contribution in [2.24, 2.45) is 17.8 Å². The van der Waals surface area contributed by atoms with Crippen molar-refractivity contribution < 1.29 is 34.1 Å². The second kappa shape index (κ2) is 14.9. The highest BCUT2D eigenvalue weighted by atomic mass is 127. The number of rotatable bonds is 14. The first-order chi connectivity index (χ1) is 21.7. The summed E-state index contributed by atoms with van der Waals surface area (Å²) in [5.41, 5.74) is 5.69. The Kier molecular flexibility index (Phi) is 11.0. The molecular formula is C36H42INO7. The maximum atomic E-state index is 13.7. The minimum absolute atomic E-state index is 0.0763. The molecular weight excluding hydrogens is 685 g/mol. The number of carboxylic acids is 1. The lowest BCUT2D eigenvalue weighted by atomic mass is 9.68. The van der Waals surface area contributed by atoms with Gasteiger partial charge in [0.05, 0.1) is 35.2 Å². The number of fused-ring (bicyclic) bond motifs is 3. The highest BCUT2D eigenvalue weighted by Crippen LogP contribution is 2.51. The Morgan fingerprint density at radius 2 is 1.87 bits per heavy atom. The third kappa shape index (κ3) is 7.30. The Labute approximate surface area is 278 Å². The number of halogens is 1. The van der Waals surface area contributed by atoms with Crippen molar-refractivity contribution in [3.63, 3.8) is 0 Å². The van der Waals surface area contributed by atoms with Gasteiger partial charge in [-0.05, 0) is 95.5 Å². The summed E-state index contributed by atoms with van der Waals surface area (Å²) in [6.45, 7) is 2.94. The first-order valence-electron chi connectivity index (χ1n) is 16.0. The number of imide groups is 1. The molecule has 9 heteroatoms. The quantitative estimate of drug-likeness (QED) is 0.0703. The molecule has 4 atom stereocenters. The smallest absolute Gasteiger partial charge is 0.303 e. The van der Waals surface area contributed by atoms with Crippen molar-refractivity contribution in [3.8, 4) is 11.5 Å². The summed E-state index contributed by atoms with van der Waals surface area (Å²) < 4.78 is 12.6. The maximum absolute atomic E-state index is 13.7. The molecule has 2 heterocycles. The molecule has 2 saturated heterocycles. The molecule has 0 spiro atoms. The Morgan fingerprint density at radius 1 is 1.09 bits per heavy atom. The number of phenols is 1. The van der Waals surface area contributed by atoms with Crippen molar-refractivity contribution in [1.82, 2.24) is 4.90 Å². The molecule has 5 rings (SSSR count). The number of methoxy groups -OCH3 is 1. The van der Waals surface area contributed by atoms with E-state index in [2.05, 4.69) is 47.7 Å². The number of aliphatic carboxylic acids is 1. The molecule has 0 bridgehead atoms. The number of likely N-dealkylation sites (tertiary alicyclic amines) is 1. The molecule has 2 fully saturated rings. The number of ether oxygens (including phenoxy) is 2. The second-order valence-electron chi connectivity index (χ2n) is 12.2. The highest BCUT2D eigenvalue weighted by Gasteiger charge is 2.56. The molecule has 0 radical (unpaired) electrons. The monoisotopic (exact) mass is 727 g/mol. The summed E-state index contributed by atoms with van der Waals surface area (Å²) >= 11 is 2.11. The fourth-order valence-corrected chi connectivity index (χ4v) is 7.92. The summed E-state index contributed by atoms with van der Waals surface area (Å²) in [6.07, 6.45) is 7.91. The fourth-order valence-electron chi connectivity index (χ4n) is 7.29. The molecule has 0 unspecified atom stereocenters. The van der Waals surface area contributed by atoms with Gasteiger partial charge < -0.3 is 19.7 Å². The zero-order valence-electron chi connectivity index (χ0n) is 26.0. The molecule has 2 aliphatic heterocycles. The third-order valence-electron chi connectivity index (χ3n) is 9.36. The van der Waals surface area contributed by atoms with Gasteiger partial charge in [-0.15, -0.1) is 0 Å². The number of carboxylic acid groups (broad SMARTS) is 1. The van der Waals surface area contributed by atoms with E-state index in [0.717, 1.165) is 42.4 Å². The lowest BCUT2D eigenvalue weighted by molar-refractivity contribution is -0.141. The van der Waals surface area contributed by atoms with E-state index >= 15 is 0 Å². The zero-order chi connectivity index (χ0) is 32.1. The van der Waals surface area contributed by atoms with E-state index in [-0.39, 0.29) is 47.8 Å². The highest BCUT2D eigenvalue weighted by molar-refractivity contribution is 14.1. The second-order valence-corrected chi connectivity index (χ2v) is 13.4. The van der Waals surface area contributed by atoms with Crippen LogP contribution in [0.5, 0.6) is 11.5 Å². The number of hydrogen-bond acceptors (Lipinski definition) is 6. The van der Waals surface area contributed by atoms with E-state index in [1.54, 1.807) is 7.11 Å². The van der Waals surface area contributed by atoms with Crippen LogP contribution in [0.4, 0.5) is 0 Å². The minimum atomic E-state index is -0.825. The van der Waals surface area contributed by atoms with Crippen molar-refractivity contribution in [2.75, 3.05) is 20.3 Å². The topological polar surface area (TPSA) is 113 Å². The summed E-state index contributed by atoms with van der Waals surface area (Å²) in [5, 5.41) is 19.3. The van der Waals surface area contributed by atoms with Crippen LogP contribution in [0.1, 0.15) is 75.8 Å². The normalized spacial score (nSPS) is 23.0. The lowest BCUT2D eigenvalue weighted by Gasteiger charge is -2.32. The van der Waals surface area contributed by atoms with Crippen LogP contribution >= 0.6 is 22.6 Å². The predicted molar refractivity (Wildman–Crippen MR) is 181 cm³/mol. The number of nitrogens with zero attached hydrogens (tertiary/aromatic N) is 1. The molecule has 1 aliphatic carbocycles. The van der Waals surface area contributed by atoms with Crippen LogP contribution in [-0.2, 0) is 19.1 Å². The number of hydrogen-bond donors (Lipinski definition) is 2. The Balaban J connectivity index is 1.36. The maximum Gasteiger partial charge on any atom is 0.303 e. The fraction of sp³-hybridized carbons (Fsp3) is 0.472. The molecule has 240 valence electrons. The lowest BCUT2D eigenvalue weighted by Crippen LogP contribution is -2.34. The average Bonchev–Trinajstić information content (AvgIpc) is 3.55. The third-order valence-corrected chi connectivity index (χ3v) is 10.2. The van der Waals surface area contributed by atoms with E-state index in [1.807, 2.05) is 30.3 Å². The molecule has 0 aromatic heterocycles. The number of aromatic hydroxyl groups is 1. The van der Waals surface area contributed by atoms with Crippen molar-refractivity contribution in [2.45, 2.75) is 70.8 Å². The van der Waals surface area contributed by atoms with Crippen molar-refractivity contribution in [1.29, 1.82) is 0 Å². The van der Waals surface area contributed by atoms with E-state index in [9.17, 15) is 19.5 Å². The van der Waals surface area contributed by atoms with Gasteiger partial charge in [0.15, 0.2) is 11.5 Å². The van der Waals surface area contributed by atoms with E-state index in [0.29, 0.717) is 48.2 Å². The summed E-state index contributed by atoms with van der Waals surface area (Å²) in [6, 6.07) is 14.0. The molecule has 45 heavy (non-hydrogen) atoms. The first-order valence-corrected chi connectivity index (χ1v) is 17.0. The van der Waals surface area contributed by atoms with Gasteiger partial charge in [0.25, 0.3) is 0 Å². The Hall–Kier alpha value is -3.18. The van der Waals surface area contributed by atoms with Crippen LogP contribution in [0.3, 0.4) is 0 Å². The summed E-state index contributed by atoms with van der Waals surface area (Å²) in [5.74, 6) is -1.24. The van der Waals surface area contributed by atoms with Crippen LogP contribution in [0.25, 0.3) is 11.6 Å². The molecule has 2 aromatic rings. The largest absolute Gasteiger partial charge is 0.504 e. The molecule has 8 nitrogen and oxygen atoms in total. The van der Waals surface area contributed by atoms with Gasteiger partial charge >= 0.3 is 5.97 Å². The van der Waals surface area contributed by atoms with Crippen LogP contribution in [-0.4, -0.2) is 59.3 Å². The van der Waals surface area contributed by atoms with Gasteiger partial charge in [0.2, 0.25) is 11.8 Å². The molecule has 3 aliphatic rings. The summed E-state index contributed by atoms with van der Waals surface area (Å²) in [7, 11) is 1.55. The number of amides is 2. The number of benzene rings is 2. The number of unbranched alkanes of at least 4 members (excludes halogenated alkanes) is 2. The first kappa shape index (κ1) is 33.2. The standard InChI is InChI=1S/C36H42INO7/c1-3-10-25-20-26-33(36(43)38(35(26)42)16-9-5-8-13-31(39)40)27-21-45-29(32(25)27)15-14-24(23-11-6-4-7-12-23)17-22-18-28(37)34(41)30(19-22)44-2/h4,6-7,11-12,17-19,26-27,29,33,41H,3,5,8-10,13-16,20-21H2,1-2H3,(H,39,40)/b24-17-/t26-,27+,29-,33-/m1/s1. The van der Waals surface area contributed by atoms with E-state index in [1.165, 1.54) is 16.0 Å². The van der Waals surface area contributed by atoms with Gasteiger partial charge in [-0.3, -0.25) is 19.3 Å². The SMILES string of the molecule is CCCC1=C2[C@@H](CC/C(=C/c3cc(I)c(O)c(OC)c3)c3ccccc3)OC[C@@H]2[C@@H]2C(=O)N(CCCCCC(=O)O)C(=O)[C@@H]2C1. The van der Waals surface area contributed by atoms with Crippen molar-refractivity contribution >= 4 is 52.0 Å². The minimum Gasteiger partial charge on any atom is -0.504 e. The van der Waals surface area contributed by atoms with Gasteiger partial charge in [0.1, 0.15) is 0 Å². The number of carbonyl (C=O) groups excluding carboxylic acids is 2. The van der Waals surface area contributed by atoms with Crippen LogP contribution in [0.15, 0.2) is 53.6 Å². The van der Waals surface area contributed by atoms with Crippen LogP contribution in [0.2, 0.25) is 0 Å². The van der Waals surface area contributed by atoms with Crippen LogP contribution in [0, 0.1) is 21.3 Å². The number of allylic oxidation sites excluding steroid dienone is 2. The Bertz CT molecular complexity index is 1480. The van der Waals surface area contributed by atoms with Gasteiger partial charge in [0, 0.05) is 18.9 Å². The predicted octanol–water partition coefficient (Wildman–Crippen LogP) is 7.09. The number of carbonyl (C=O) groups is 3.